The summed E-state index contributed by atoms with van der Waals surface area (Å²) in [7, 11) is 2.04. The van der Waals surface area contributed by atoms with Gasteiger partial charge in [0.15, 0.2) is 0 Å². The number of hydrogen-bond acceptors (Lipinski definition) is 2. The molecule has 0 spiro atoms. The van der Waals surface area contributed by atoms with Crippen molar-refractivity contribution in [2.24, 2.45) is 0 Å². The maximum atomic E-state index is 6.11. The molecule has 2 nitrogen and oxygen atoms in total. The van der Waals surface area contributed by atoms with Gasteiger partial charge in [-0.2, -0.15) is 0 Å². The highest BCUT2D eigenvalue weighted by Crippen LogP contribution is 2.36. The third-order valence-electron chi connectivity index (χ3n) is 4.22. The average molecular weight is 261 g/mol. The number of aryl methyl sites for hydroxylation is 1. The van der Waals surface area contributed by atoms with Crippen molar-refractivity contribution in [3.8, 4) is 0 Å². The molecule has 0 aliphatic carbocycles. The van der Waals surface area contributed by atoms with E-state index in [0.29, 0.717) is 0 Å². The fourth-order valence-electron chi connectivity index (χ4n) is 3.22. The lowest BCUT2D eigenvalue weighted by atomic mass is 9.83. The van der Waals surface area contributed by atoms with E-state index in [4.69, 9.17) is 4.74 Å². The van der Waals surface area contributed by atoms with Crippen molar-refractivity contribution in [1.29, 1.82) is 0 Å². The van der Waals surface area contributed by atoms with Gasteiger partial charge in [-0.05, 0) is 50.8 Å². The molecule has 2 atom stereocenters. The van der Waals surface area contributed by atoms with Gasteiger partial charge in [0.1, 0.15) is 0 Å². The third kappa shape index (κ3) is 3.37. The molecule has 0 aromatic heterocycles. The number of rotatable bonds is 5. The summed E-state index contributed by atoms with van der Waals surface area (Å²) < 4.78 is 6.11. The smallest absolute Gasteiger partial charge is 0.0848 e. The Morgan fingerprint density at radius 3 is 2.84 bits per heavy atom. The number of benzene rings is 1. The van der Waals surface area contributed by atoms with Crippen LogP contribution >= 0.6 is 0 Å². The lowest BCUT2D eigenvalue weighted by Crippen LogP contribution is -2.44. The van der Waals surface area contributed by atoms with Crippen molar-refractivity contribution in [2.45, 2.75) is 57.6 Å². The first-order valence-corrected chi connectivity index (χ1v) is 7.59. The van der Waals surface area contributed by atoms with Crippen molar-refractivity contribution in [1.82, 2.24) is 5.32 Å². The Kier molecular flexibility index (Phi) is 5.00. The van der Waals surface area contributed by atoms with Crippen LogP contribution < -0.4 is 5.32 Å². The Hall–Kier alpha value is -0.860. The van der Waals surface area contributed by atoms with E-state index in [0.717, 1.165) is 19.4 Å². The van der Waals surface area contributed by atoms with E-state index >= 15 is 0 Å². The molecule has 19 heavy (non-hydrogen) atoms. The minimum atomic E-state index is -0.0716. The van der Waals surface area contributed by atoms with Crippen LogP contribution in [0.15, 0.2) is 24.3 Å². The van der Waals surface area contributed by atoms with Crippen molar-refractivity contribution in [3.63, 3.8) is 0 Å². The molecule has 1 N–H and O–H groups in total. The Bertz CT molecular complexity index is 396. The standard InChI is InChI=1S/C17H27NO/c1-4-8-14-9-7-10-15(13-14)16(18-3)17(2)11-5-6-12-19-17/h7,9-10,13,16,18H,4-6,8,11-12H2,1-3H3. The molecule has 0 bridgehead atoms. The van der Waals surface area contributed by atoms with Gasteiger partial charge in [0.25, 0.3) is 0 Å². The zero-order valence-electron chi connectivity index (χ0n) is 12.5. The fourth-order valence-corrected chi connectivity index (χ4v) is 3.22. The second kappa shape index (κ2) is 6.53. The molecule has 1 fully saturated rings. The van der Waals surface area contributed by atoms with Crippen LogP contribution in [0.3, 0.4) is 0 Å². The summed E-state index contributed by atoms with van der Waals surface area (Å²) >= 11 is 0. The lowest BCUT2D eigenvalue weighted by Gasteiger charge is -2.41. The highest BCUT2D eigenvalue weighted by molar-refractivity contribution is 5.28. The van der Waals surface area contributed by atoms with E-state index in [9.17, 15) is 0 Å². The van der Waals surface area contributed by atoms with Gasteiger partial charge in [0.05, 0.1) is 11.6 Å². The monoisotopic (exact) mass is 261 g/mol. The molecule has 1 heterocycles. The van der Waals surface area contributed by atoms with Crippen molar-refractivity contribution < 1.29 is 4.74 Å². The van der Waals surface area contributed by atoms with Crippen LogP contribution in [0.4, 0.5) is 0 Å². The first-order valence-electron chi connectivity index (χ1n) is 7.59. The molecule has 0 amide bonds. The minimum absolute atomic E-state index is 0.0716. The molecule has 1 aliphatic rings. The summed E-state index contributed by atoms with van der Waals surface area (Å²) in [5.74, 6) is 0. The quantitative estimate of drug-likeness (QED) is 0.869. The number of hydrogen-bond donors (Lipinski definition) is 1. The normalized spacial score (nSPS) is 25.2. The molecule has 0 saturated carbocycles. The van der Waals surface area contributed by atoms with Gasteiger partial charge in [0, 0.05) is 6.61 Å². The Balaban J connectivity index is 2.22. The van der Waals surface area contributed by atoms with Gasteiger partial charge in [-0.25, -0.2) is 0 Å². The van der Waals surface area contributed by atoms with E-state index in [1.807, 2.05) is 7.05 Å². The third-order valence-corrected chi connectivity index (χ3v) is 4.22. The molecule has 0 radical (unpaired) electrons. The molecule has 106 valence electrons. The first-order chi connectivity index (χ1) is 9.19. The van der Waals surface area contributed by atoms with Crippen molar-refractivity contribution in [2.75, 3.05) is 13.7 Å². The summed E-state index contributed by atoms with van der Waals surface area (Å²) in [5.41, 5.74) is 2.72. The SMILES string of the molecule is CCCc1cccc(C(NC)C2(C)CCCCO2)c1. The zero-order valence-corrected chi connectivity index (χ0v) is 12.5. The lowest BCUT2D eigenvalue weighted by molar-refractivity contribution is -0.0884. The van der Waals surface area contributed by atoms with Crippen LogP contribution in [-0.4, -0.2) is 19.3 Å². The summed E-state index contributed by atoms with van der Waals surface area (Å²) in [5, 5.41) is 3.47. The van der Waals surface area contributed by atoms with E-state index in [1.165, 1.54) is 30.4 Å². The van der Waals surface area contributed by atoms with E-state index in [-0.39, 0.29) is 11.6 Å². The molecular weight excluding hydrogens is 234 g/mol. The van der Waals surface area contributed by atoms with E-state index < -0.39 is 0 Å². The van der Waals surface area contributed by atoms with E-state index in [1.54, 1.807) is 0 Å². The van der Waals surface area contributed by atoms with Crippen LogP contribution in [0.1, 0.15) is 56.7 Å². The van der Waals surface area contributed by atoms with Crippen molar-refractivity contribution in [3.05, 3.63) is 35.4 Å². The van der Waals surface area contributed by atoms with Crippen molar-refractivity contribution >= 4 is 0 Å². The number of likely N-dealkylation sites (N-methyl/N-ethyl adjacent to an activating group) is 1. The summed E-state index contributed by atoms with van der Waals surface area (Å²) in [6, 6.07) is 9.25. The predicted octanol–water partition coefficient (Wildman–Crippen LogP) is 3.86. The van der Waals surface area contributed by atoms with Gasteiger partial charge in [-0.15, -0.1) is 0 Å². The largest absolute Gasteiger partial charge is 0.373 e. The second-order valence-electron chi connectivity index (χ2n) is 5.83. The summed E-state index contributed by atoms with van der Waals surface area (Å²) in [6.07, 6.45) is 5.95. The van der Waals surface area contributed by atoms with Gasteiger partial charge in [0.2, 0.25) is 0 Å². The molecule has 2 unspecified atom stereocenters. The predicted molar refractivity (Wildman–Crippen MR) is 80.4 cm³/mol. The molecule has 1 aromatic rings. The average Bonchev–Trinajstić information content (AvgIpc) is 2.41. The molecule has 1 aromatic carbocycles. The van der Waals surface area contributed by atoms with Gasteiger partial charge >= 0.3 is 0 Å². The van der Waals surface area contributed by atoms with E-state index in [2.05, 4.69) is 43.4 Å². The van der Waals surface area contributed by atoms with Gasteiger partial charge in [-0.1, -0.05) is 37.6 Å². The summed E-state index contributed by atoms with van der Waals surface area (Å²) in [4.78, 5) is 0. The molecule has 1 saturated heterocycles. The zero-order chi connectivity index (χ0) is 13.7. The van der Waals surface area contributed by atoms with Crippen LogP contribution in [0, 0.1) is 0 Å². The van der Waals surface area contributed by atoms with Gasteiger partial charge < -0.3 is 10.1 Å². The first kappa shape index (κ1) is 14.5. The van der Waals surface area contributed by atoms with Crippen LogP contribution in [0.25, 0.3) is 0 Å². The highest BCUT2D eigenvalue weighted by atomic mass is 16.5. The molecule has 1 aliphatic heterocycles. The van der Waals surface area contributed by atoms with Crippen LogP contribution in [0.5, 0.6) is 0 Å². The Morgan fingerprint density at radius 1 is 1.37 bits per heavy atom. The second-order valence-corrected chi connectivity index (χ2v) is 5.83. The maximum absolute atomic E-state index is 6.11. The van der Waals surface area contributed by atoms with Gasteiger partial charge in [-0.3, -0.25) is 0 Å². The minimum Gasteiger partial charge on any atom is -0.373 e. The number of nitrogens with one attached hydrogen (secondary N) is 1. The Morgan fingerprint density at radius 2 is 2.21 bits per heavy atom. The fraction of sp³-hybridized carbons (Fsp3) is 0.647. The molecule has 2 heteroatoms. The maximum Gasteiger partial charge on any atom is 0.0848 e. The highest BCUT2D eigenvalue weighted by Gasteiger charge is 2.36. The molecular formula is C17H27NO. The number of ether oxygens (including phenoxy) is 1. The summed E-state index contributed by atoms with van der Waals surface area (Å²) in [6.45, 7) is 5.37. The van der Waals surface area contributed by atoms with Crippen LogP contribution in [0.2, 0.25) is 0 Å². The van der Waals surface area contributed by atoms with Crippen LogP contribution in [-0.2, 0) is 11.2 Å². The Labute approximate surface area is 117 Å². The topological polar surface area (TPSA) is 21.3 Å². The molecule has 2 rings (SSSR count).